The minimum atomic E-state index is -0.308. The summed E-state index contributed by atoms with van der Waals surface area (Å²) in [6, 6.07) is 7.55. The molecule has 98 valence electrons. The molecule has 0 saturated carbocycles. The van der Waals surface area contributed by atoms with Crippen LogP contribution in [-0.4, -0.2) is 37.0 Å². The summed E-state index contributed by atoms with van der Waals surface area (Å²) >= 11 is 0. The van der Waals surface area contributed by atoms with Gasteiger partial charge in [-0.1, -0.05) is 12.1 Å². The molecule has 1 aliphatic heterocycles. The van der Waals surface area contributed by atoms with E-state index in [2.05, 4.69) is 4.90 Å². The molecule has 0 aromatic heterocycles. The first kappa shape index (κ1) is 12.9. The number of nitrogens with two attached hydrogens (primary N) is 1. The number of ether oxygens (including phenoxy) is 1. The van der Waals surface area contributed by atoms with Crippen molar-refractivity contribution < 1.29 is 9.53 Å². The number of benzene rings is 1. The topological polar surface area (TPSA) is 55.6 Å². The molecule has 0 radical (unpaired) electrons. The van der Waals surface area contributed by atoms with Crippen molar-refractivity contribution in [1.29, 1.82) is 0 Å². The van der Waals surface area contributed by atoms with Crippen LogP contribution < -0.4 is 10.5 Å². The lowest BCUT2D eigenvalue weighted by molar-refractivity contribution is -0.117. The average Bonchev–Trinajstić information content (AvgIpc) is 2.84. The fraction of sp³-hybridized carbons (Fsp3) is 0.500. The Bertz CT molecular complexity index is 383. The standard InChI is InChI=1S/C14H20N2O2/c15-14(17)11-12-3-5-13(6-4-12)18-10-9-16-7-1-2-8-16/h3-6H,1-2,7-11H2,(H2,15,17). The van der Waals surface area contributed by atoms with Gasteiger partial charge in [-0.2, -0.15) is 0 Å². The maximum atomic E-state index is 10.8. The van der Waals surface area contributed by atoms with Crippen LogP contribution in [0.15, 0.2) is 24.3 Å². The summed E-state index contributed by atoms with van der Waals surface area (Å²) in [4.78, 5) is 13.2. The highest BCUT2D eigenvalue weighted by Gasteiger charge is 2.10. The van der Waals surface area contributed by atoms with Crippen LogP contribution in [-0.2, 0) is 11.2 Å². The SMILES string of the molecule is NC(=O)Cc1ccc(OCCN2CCCC2)cc1. The van der Waals surface area contributed by atoms with Crippen molar-refractivity contribution in [2.24, 2.45) is 5.73 Å². The zero-order valence-electron chi connectivity index (χ0n) is 10.6. The van der Waals surface area contributed by atoms with Gasteiger partial charge in [0.15, 0.2) is 0 Å². The van der Waals surface area contributed by atoms with Crippen LogP contribution in [0.1, 0.15) is 18.4 Å². The zero-order chi connectivity index (χ0) is 12.8. The van der Waals surface area contributed by atoms with E-state index in [4.69, 9.17) is 10.5 Å². The number of carbonyl (C=O) groups excluding carboxylic acids is 1. The maximum Gasteiger partial charge on any atom is 0.221 e. The summed E-state index contributed by atoms with van der Waals surface area (Å²) in [5.74, 6) is 0.542. The van der Waals surface area contributed by atoms with Crippen molar-refractivity contribution in [3.63, 3.8) is 0 Å². The number of carbonyl (C=O) groups is 1. The zero-order valence-corrected chi connectivity index (χ0v) is 10.6. The van der Waals surface area contributed by atoms with E-state index in [1.54, 1.807) is 0 Å². The van der Waals surface area contributed by atoms with Crippen LogP contribution in [0, 0.1) is 0 Å². The highest BCUT2D eigenvalue weighted by atomic mass is 16.5. The molecule has 18 heavy (non-hydrogen) atoms. The maximum absolute atomic E-state index is 10.8. The van der Waals surface area contributed by atoms with Crippen molar-refractivity contribution in [1.82, 2.24) is 4.90 Å². The predicted octanol–water partition coefficient (Wildman–Crippen LogP) is 1.19. The molecule has 0 spiro atoms. The number of primary amides is 1. The second kappa shape index (κ2) is 6.40. The van der Waals surface area contributed by atoms with Gasteiger partial charge < -0.3 is 10.5 Å². The largest absolute Gasteiger partial charge is 0.492 e. The minimum Gasteiger partial charge on any atom is -0.492 e. The van der Waals surface area contributed by atoms with Gasteiger partial charge in [0.05, 0.1) is 6.42 Å². The second-order valence-electron chi connectivity index (χ2n) is 4.68. The summed E-state index contributed by atoms with van der Waals surface area (Å²) in [5, 5.41) is 0. The molecule has 1 aromatic carbocycles. The normalized spacial score (nSPS) is 15.8. The Labute approximate surface area is 108 Å². The van der Waals surface area contributed by atoms with Gasteiger partial charge in [0, 0.05) is 6.54 Å². The molecule has 1 aliphatic rings. The summed E-state index contributed by atoms with van der Waals surface area (Å²) < 4.78 is 5.67. The second-order valence-corrected chi connectivity index (χ2v) is 4.68. The molecular weight excluding hydrogens is 228 g/mol. The fourth-order valence-corrected chi connectivity index (χ4v) is 2.20. The van der Waals surface area contributed by atoms with Crippen LogP contribution in [0.4, 0.5) is 0 Å². The van der Waals surface area contributed by atoms with E-state index in [-0.39, 0.29) is 12.3 Å². The summed E-state index contributed by atoms with van der Waals surface area (Å²) in [6.07, 6.45) is 2.90. The first-order valence-corrected chi connectivity index (χ1v) is 6.46. The Morgan fingerprint density at radius 1 is 1.22 bits per heavy atom. The van der Waals surface area contributed by atoms with E-state index in [1.807, 2.05) is 24.3 Å². The van der Waals surface area contributed by atoms with Crippen LogP contribution in [0.5, 0.6) is 5.75 Å². The Kier molecular flexibility index (Phi) is 4.59. The van der Waals surface area contributed by atoms with E-state index in [0.29, 0.717) is 0 Å². The summed E-state index contributed by atoms with van der Waals surface area (Å²) in [5.41, 5.74) is 6.06. The van der Waals surface area contributed by atoms with Crippen molar-refractivity contribution >= 4 is 5.91 Å². The third-order valence-electron chi connectivity index (χ3n) is 3.18. The number of hydrogen-bond acceptors (Lipinski definition) is 3. The molecule has 1 heterocycles. The van der Waals surface area contributed by atoms with Crippen molar-refractivity contribution in [3.05, 3.63) is 29.8 Å². The third-order valence-corrected chi connectivity index (χ3v) is 3.18. The van der Waals surface area contributed by atoms with Gasteiger partial charge in [-0.05, 0) is 43.6 Å². The molecular formula is C14H20N2O2. The van der Waals surface area contributed by atoms with Crippen molar-refractivity contribution in [2.75, 3.05) is 26.2 Å². The van der Waals surface area contributed by atoms with E-state index < -0.39 is 0 Å². The van der Waals surface area contributed by atoms with Crippen molar-refractivity contribution in [3.8, 4) is 5.75 Å². The molecule has 0 atom stereocenters. The van der Waals surface area contributed by atoms with Crippen LogP contribution in [0.25, 0.3) is 0 Å². The Morgan fingerprint density at radius 2 is 1.89 bits per heavy atom. The lowest BCUT2D eigenvalue weighted by Gasteiger charge is -2.14. The Morgan fingerprint density at radius 3 is 2.50 bits per heavy atom. The molecule has 1 saturated heterocycles. The Balaban J connectivity index is 1.73. The van der Waals surface area contributed by atoms with Gasteiger partial charge in [0.25, 0.3) is 0 Å². The lowest BCUT2D eigenvalue weighted by Crippen LogP contribution is -2.25. The molecule has 4 nitrogen and oxygen atoms in total. The monoisotopic (exact) mass is 248 g/mol. The number of rotatable bonds is 6. The molecule has 0 unspecified atom stereocenters. The molecule has 2 rings (SSSR count). The smallest absolute Gasteiger partial charge is 0.221 e. The fourth-order valence-electron chi connectivity index (χ4n) is 2.20. The van der Waals surface area contributed by atoms with Gasteiger partial charge >= 0.3 is 0 Å². The minimum absolute atomic E-state index is 0.286. The first-order valence-electron chi connectivity index (χ1n) is 6.46. The molecule has 1 fully saturated rings. The number of likely N-dealkylation sites (tertiary alicyclic amines) is 1. The molecule has 0 aliphatic carbocycles. The average molecular weight is 248 g/mol. The molecule has 4 heteroatoms. The number of amides is 1. The van der Waals surface area contributed by atoms with Crippen LogP contribution >= 0.6 is 0 Å². The van der Waals surface area contributed by atoms with Crippen molar-refractivity contribution in [2.45, 2.75) is 19.3 Å². The lowest BCUT2D eigenvalue weighted by atomic mass is 10.1. The third kappa shape index (κ3) is 4.04. The van der Waals surface area contributed by atoms with Gasteiger partial charge in [0.1, 0.15) is 12.4 Å². The summed E-state index contributed by atoms with van der Waals surface area (Å²) in [6.45, 7) is 4.10. The number of nitrogens with zero attached hydrogens (tertiary/aromatic N) is 1. The van der Waals surface area contributed by atoms with Gasteiger partial charge in [-0.15, -0.1) is 0 Å². The van der Waals surface area contributed by atoms with Gasteiger partial charge in [-0.25, -0.2) is 0 Å². The number of hydrogen-bond donors (Lipinski definition) is 1. The van der Waals surface area contributed by atoms with Gasteiger partial charge in [0.2, 0.25) is 5.91 Å². The quantitative estimate of drug-likeness (QED) is 0.822. The first-order chi connectivity index (χ1) is 8.74. The van der Waals surface area contributed by atoms with E-state index in [1.165, 1.54) is 25.9 Å². The highest BCUT2D eigenvalue weighted by Crippen LogP contribution is 2.13. The van der Waals surface area contributed by atoms with Crippen LogP contribution in [0.3, 0.4) is 0 Å². The van der Waals surface area contributed by atoms with E-state index in [9.17, 15) is 4.79 Å². The van der Waals surface area contributed by atoms with E-state index >= 15 is 0 Å². The summed E-state index contributed by atoms with van der Waals surface area (Å²) in [7, 11) is 0. The van der Waals surface area contributed by atoms with E-state index in [0.717, 1.165) is 24.5 Å². The molecule has 0 bridgehead atoms. The molecule has 1 aromatic rings. The van der Waals surface area contributed by atoms with Crippen LogP contribution in [0.2, 0.25) is 0 Å². The highest BCUT2D eigenvalue weighted by molar-refractivity contribution is 5.76. The predicted molar refractivity (Wildman–Crippen MR) is 70.5 cm³/mol. The molecule has 1 amide bonds. The van der Waals surface area contributed by atoms with Gasteiger partial charge in [-0.3, -0.25) is 9.69 Å². The molecule has 2 N–H and O–H groups in total. The Hall–Kier alpha value is -1.55.